The van der Waals surface area contributed by atoms with Crippen LogP contribution in [0.1, 0.15) is 23.6 Å². The van der Waals surface area contributed by atoms with Gasteiger partial charge >= 0.3 is 0 Å². The molecule has 1 heterocycles. The number of aromatic nitrogens is 1. The van der Waals surface area contributed by atoms with Crippen molar-refractivity contribution in [2.24, 2.45) is 0 Å². The van der Waals surface area contributed by atoms with Crippen molar-refractivity contribution in [2.75, 3.05) is 7.11 Å². The molecule has 6 heteroatoms. The van der Waals surface area contributed by atoms with E-state index >= 15 is 0 Å². The largest absolute Gasteiger partial charge is 0.497 e. The third kappa shape index (κ3) is 1.95. The van der Waals surface area contributed by atoms with Crippen LogP contribution in [0.15, 0.2) is 18.2 Å². The lowest BCUT2D eigenvalue weighted by Crippen LogP contribution is -2.40. The van der Waals surface area contributed by atoms with Crippen LogP contribution in [0, 0.1) is 6.92 Å². The monoisotopic (exact) mass is 299 g/mol. The quantitative estimate of drug-likeness (QED) is 0.665. The zero-order valence-electron chi connectivity index (χ0n) is 12.1. The predicted molar refractivity (Wildman–Crippen MR) is 77.0 cm³/mol. The highest BCUT2D eigenvalue weighted by Crippen LogP contribution is 2.34. The fourth-order valence-corrected chi connectivity index (χ4v) is 2.85. The molecule has 2 aromatic rings. The Morgan fingerprint density at radius 2 is 1.73 bits per heavy atom. The number of hydrogen-bond acceptors (Lipinski definition) is 5. The van der Waals surface area contributed by atoms with Gasteiger partial charge in [-0.1, -0.05) is 0 Å². The maximum atomic E-state index is 12.2. The zero-order valence-corrected chi connectivity index (χ0v) is 12.1. The summed E-state index contributed by atoms with van der Waals surface area (Å²) in [5.74, 6) is -4.07. The van der Waals surface area contributed by atoms with E-state index in [1.54, 1.807) is 25.1 Å². The molecule has 6 nitrogen and oxygen atoms in total. The maximum Gasteiger partial charge on any atom is 0.214 e. The van der Waals surface area contributed by atoms with Gasteiger partial charge in [-0.2, -0.15) is 0 Å². The first-order valence-electron chi connectivity index (χ1n) is 6.74. The highest BCUT2D eigenvalue weighted by Gasteiger charge is 2.44. The second-order valence-electron chi connectivity index (χ2n) is 5.26. The van der Waals surface area contributed by atoms with Gasteiger partial charge in [0.05, 0.1) is 13.5 Å². The molecule has 1 N–H and O–H groups in total. The van der Waals surface area contributed by atoms with Gasteiger partial charge in [-0.3, -0.25) is 19.2 Å². The van der Waals surface area contributed by atoms with Crippen molar-refractivity contribution in [2.45, 2.75) is 19.3 Å². The van der Waals surface area contributed by atoms with Gasteiger partial charge in [-0.25, -0.2) is 0 Å². The molecule has 1 saturated carbocycles. The molecule has 1 aromatic carbocycles. The molecule has 3 rings (SSSR count). The van der Waals surface area contributed by atoms with Crippen LogP contribution in [0.25, 0.3) is 10.9 Å². The summed E-state index contributed by atoms with van der Waals surface area (Å²) in [6.07, 6.45) is -0.626. The summed E-state index contributed by atoms with van der Waals surface area (Å²) >= 11 is 0. The number of fused-ring (bicyclic) bond motifs is 1. The number of ether oxygens (including phenoxy) is 1. The lowest BCUT2D eigenvalue weighted by Gasteiger charge is -2.18. The molecule has 0 aliphatic heterocycles. The highest BCUT2D eigenvalue weighted by atomic mass is 16.5. The minimum absolute atomic E-state index is 0.380. The van der Waals surface area contributed by atoms with Gasteiger partial charge in [0.2, 0.25) is 23.1 Å². The molecule has 0 unspecified atom stereocenters. The second-order valence-corrected chi connectivity index (χ2v) is 5.26. The van der Waals surface area contributed by atoms with E-state index in [0.717, 1.165) is 0 Å². The molecule has 112 valence electrons. The number of H-pyrrole nitrogens is 1. The number of carbonyl (C=O) groups is 4. The first kappa shape index (κ1) is 14.2. The predicted octanol–water partition coefficient (Wildman–Crippen LogP) is 1.25. The van der Waals surface area contributed by atoms with Crippen molar-refractivity contribution in [3.8, 4) is 5.75 Å². The SMILES string of the molecule is COc1ccc2[nH]c(C)c(C3C(=O)C(=O)CC(=O)C3=O)c2c1. The van der Waals surface area contributed by atoms with E-state index in [-0.39, 0.29) is 0 Å². The van der Waals surface area contributed by atoms with Crippen LogP contribution in [-0.4, -0.2) is 35.2 Å². The summed E-state index contributed by atoms with van der Waals surface area (Å²) in [6, 6.07) is 5.17. The van der Waals surface area contributed by atoms with Crippen molar-refractivity contribution in [1.29, 1.82) is 0 Å². The van der Waals surface area contributed by atoms with Crippen LogP contribution in [-0.2, 0) is 19.2 Å². The Kier molecular flexibility index (Phi) is 3.16. The molecule has 0 bridgehead atoms. The molecule has 0 amide bonds. The molecule has 0 saturated heterocycles. The molecule has 0 spiro atoms. The summed E-state index contributed by atoms with van der Waals surface area (Å²) in [5.41, 5.74) is 1.67. The number of benzene rings is 1. The van der Waals surface area contributed by atoms with E-state index in [1.165, 1.54) is 7.11 Å². The van der Waals surface area contributed by atoms with Gasteiger partial charge in [-0.15, -0.1) is 0 Å². The number of carbonyl (C=O) groups excluding carboxylic acids is 4. The summed E-state index contributed by atoms with van der Waals surface area (Å²) in [7, 11) is 1.50. The van der Waals surface area contributed by atoms with E-state index in [0.29, 0.717) is 27.9 Å². The molecule has 1 aliphatic carbocycles. The summed E-state index contributed by atoms with van der Waals surface area (Å²) in [5, 5.41) is 0.603. The molecule has 1 fully saturated rings. The Labute approximate surface area is 125 Å². The van der Waals surface area contributed by atoms with Gasteiger partial charge in [0.15, 0.2) is 0 Å². The third-order valence-electron chi connectivity index (χ3n) is 3.93. The number of rotatable bonds is 2. The van der Waals surface area contributed by atoms with Crippen molar-refractivity contribution in [3.05, 3.63) is 29.5 Å². The minimum atomic E-state index is -1.35. The molecule has 1 aromatic heterocycles. The average Bonchev–Trinajstić information content (AvgIpc) is 2.81. The molecular formula is C16H13NO5. The van der Waals surface area contributed by atoms with E-state index in [4.69, 9.17) is 4.74 Å². The van der Waals surface area contributed by atoms with Crippen LogP contribution < -0.4 is 4.74 Å². The average molecular weight is 299 g/mol. The third-order valence-corrected chi connectivity index (χ3v) is 3.93. The van der Waals surface area contributed by atoms with Crippen molar-refractivity contribution < 1.29 is 23.9 Å². The molecule has 0 radical (unpaired) electrons. The first-order chi connectivity index (χ1) is 10.4. The van der Waals surface area contributed by atoms with Crippen molar-refractivity contribution >= 4 is 34.0 Å². The summed E-state index contributed by atoms with van der Waals surface area (Å²) in [6.45, 7) is 1.70. The van der Waals surface area contributed by atoms with Crippen LogP contribution in [0.3, 0.4) is 0 Å². The van der Waals surface area contributed by atoms with E-state index in [2.05, 4.69) is 4.98 Å². The Bertz CT molecular complexity index is 820. The van der Waals surface area contributed by atoms with Gasteiger partial charge < -0.3 is 9.72 Å². The number of aromatic amines is 1. The summed E-state index contributed by atoms with van der Waals surface area (Å²) < 4.78 is 5.15. The standard InChI is InChI=1S/C16H13NO5/c1-7-13(9-5-8(22-2)3-4-10(9)17-7)14-15(20)11(18)6-12(19)16(14)21/h3-5,14,17H,6H2,1-2H3. The normalized spacial score (nSPS) is 16.6. The fraction of sp³-hybridized carbons (Fsp3) is 0.250. The Morgan fingerprint density at radius 3 is 2.32 bits per heavy atom. The Morgan fingerprint density at radius 1 is 1.09 bits per heavy atom. The molecular weight excluding hydrogens is 286 g/mol. The summed E-state index contributed by atoms with van der Waals surface area (Å²) in [4.78, 5) is 50.7. The Hall–Kier alpha value is -2.76. The lowest BCUT2D eigenvalue weighted by molar-refractivity contribution is -0.149. The highest BCUT2D eigenvalue weighted by molar-refractivity contribution is 6.61. The van der Waals surface area contributed by atoms with Crippen molar-refractivity contribution in [1.82, 2.24) is 4.98 Å². The van der Waals surface area contributed by atoms with Crippen LogP contribution in [0.2, 0.25) is 0 Å². The Balaban J connectivity index is 2.25. The molecule has 0 atom stereocenters. The number of hydrogen-bond donors (Lipinski definition) is 1. The molecule has 22 heavy (non-hydrogen) atoms. The van der Waals surface area contributed by atoms with Crippen LogP contribution in [0.4, 0.5) is 0 Å². The zero-order chi connectivity index (χ0) is 16.0. The number of ketones is 4. The van der Waals surface area contributed by atoms with Crippen molar-refractivity contribution in [3.63, 3.8) is 0 Å². The first-order valence-corrected chi connectivity index (χ1v) is 6.74. The maximum absolute atomic E-state index is 12.2. The van der Waals surface area contributed by atoms with Gasteiger partial charge in [0, 0.05) is 16.6 Å². The molecule has 1 aliphatic rings. The van der Waals surface area contributed by atoms with E-state index < -0.39 is 35.5 Å². The number of nitrogens with one attached hydrogen (secondary N) is 1. The van der Waals surface area contributed by atoms with Crippen LogP contribution >= 0.6 is 0 Å². The smallest absolute Gasteiger partial charge is 0.214 e. The van der Waals surface area contributed by atoms with Gasteiger partial charge in [0.25, 0.3) is 0 Å². The fourth-order valence-electron chi connectivity index (χ4n) is 2.85. The van der Waals surface area contributed by atoms with E-state index in [1.807, 2.05) is 0 Å². The lowest BCUT2D eigenvalue weighted by atomic mass is 9.79. The van der Waals surface area contributed by atoms with Gasteiger partial charge in [0.1, 0.15) is 11.7 Å². The second kappa shape index (κ2) is 4.91. The van der Waals surface area contributed by atoms with E-state index in [9.17, 15) is 19.2 Å². The van der Waals surface area contributed by atoms with Crippen LogP contribution in [0.5, 0.6) is 5.75 Å². The number of aryl methyl sites for hydroxylation is 1. The number of Topliss-reactive ketones (excluding diaryl/α,β-unsaturated/α-hetero) is 4. The topological polar surface area (TPSA) is 93.3 Å². The number of methoxy groups -OCH3 is 1. The minimum Gasteiger partial charge on any atom is -0.497 e. The van der Waals surface area contributed by atoms with Gasteiger partial charge in [-0.05, 0) is 30.7 Å².